The van der Waals surface area contributed by atoms with E-state index in [9.17, 15) is 0 Å². The molecule has 148 valence electrons. The monoisotopic (exact) mass is 371 g/mol. The minimum absolute atomic E-state index is 0.546. The fourth-order valence-electron chi connectivity index (χ4n) is 3.66. The van der Waals surface area contributed by atoms with Gasteiger partial charge >= 0.3 is 0 Å². The summed E-state index contributed by atoms with van der Waals surface area (Å²) in [5.41, 5.74) is 2.30. The van der Waals surface area contributed by atoms with Crippen LogP contribution in [0.25, 0.3) is 0 Å². The van der Waals surface area contributed by atoms with E-state index in [1.807, 2.05) is 19.1 Å². The minimum atomic E-state index is 0.546. The van der Waals surface area contributed by atoms with Gasteiger partial charge in [-0.05, 0) is 51.3 Å². The van der Waals surface area contributed by atoms with Crippen LogP contribution in [0.1, 0.15) is 55.7 Å². The predicted molar refractivity (Wildman–Crippen MR) is 109 cm³/mol. The van der Waals surface area contributed by atoms with Crippen LogP contribution in [0.4, 0.5) is 0 Å². The quantitative estimate of drug-likeness (QED) is 0.423. The Bertz CT molecular complexity index is 698. The number of nitrogens with zero attached hydrogens (tertiary/aromatic N) is 3. The standard InChI is InChI=1S/C21H33N5O/c1-17-16-18(2)26(25-17)14-7-12-22-21(24-19-8-4-3-5-9-19)23-13-11-20-10-6-15-27-20/h6,10,15-16,19H,3-5,7-9,11-14H2,1-2H3,(H2,22,23,24). The molecule has 2 aromatic rings. The summed E-state index contributed by atoms with van der Waals surface area (Å²) in [5.74, 6) is 1.94. The summed E-state index contributed by atoms with van der Waals surface area (Å²) in [5, 5.41) is 11.6. The highest BCUT2D eigenvalue weighted by Gasteiger charge is 2.14. The molecule has 2 N–H and O–H groups in total. The summed E-state index contributed by atoms with van der Waals surface area (Å²) < 4.78 is 7.49. The average Bonchev–Trinajstić information content (AvgIpc) is 3.28. The van der Waals surface area contributed by atoms with Crippen molar-refractivity contribution in [1.29, 1.82) is 0 Å². The zero-order valence-electron chi connectivity index (χ0n) is 16.7. The molecule has 27 heavy (non-hydrogen) atoms. The molecule has 6 nitrogen and oxygen atoms in total. The molecule has 3 rings (SSSR count). The van der Waals surface area contributed by atoms with E-state index in [0.29, 0.717) is 6.04 Å². The van der Waals surface area contributed by atoms with Crippen molar-refractivity contribution in [1.82, 2.24) is 20.4 Å². The van der Waals surface area contributed by atoms with E-state index in [1.54, 1.807) is 6.26 Å². The number of aromatic nitrogens is 2. The first kappa shape index (κ1) is 19.5. The molecule has 1 fully saturated rings. The molecule has 1 saturated carbocycles. The van der Waals surface area contributed by atoms with Gasteiger partial charge < -0.3 is 15.1 Å². The average molecular weight is 372 g/mol. The lowest BCUT2D eigenvalue weighted by Crippen LogP contribution is -2.45. The Balaban J connectivity index is 1.48. The summed E-state index contributed by atoms with van der Waals surface area (Å²) in [4.78, 5) is 4.81. The third kappa shape index (κ3) is 6.45. The summed E-state index contributed by atoms with van der Waals surface area (Å²) in [6.45, 7) is 6.67. The van der Waals surface area contributed by atoms with Crippen molar-refractivity contribution in [2.24, 2.45) is 4.99 Å². The normalized spacial score (nSPS) is 15.9. The van der Waals surface area contributed by atoms with Crippen LogP contribution in [-0.2, 0) is 13.0 Å². The Labute approximate surface area is 162 Å². The second-order valence-corrected chi connectivity index (χ2v) is 7.47. The van der Waals surface area contributed by atoms with Crippen LogP contribution in [0.15, 0.2) is 33.9 Å². The highest BCUT2D eigenvalue weighted by molar-refractivity contribution is 5.80. The van der Waals surface area contributed by atoms with E-state index in [2.05, 4.69) is 33.4 Å². The highest BCUT2D eigenvalue weighted by atomic mass is 16.3. The van der Waals surface area contributed by atoms with E-state index >= 15 is 0 Å². The SMILES string of the molecule is Cc1cc(C)n(CCCN=C(NCCc2ccco2)NC2CCCCC2)n1. The topological polar surface area (TPSA) is 67.4 Å². The van der Waals surface area contributed by atoms with Crippen LogP contribution in [-0.4, -0.2) is 34.9 Å². The minimum Gasteiger partial charge on any atom is -0.469 e. The van der Waals surface area contributed by atoms with Crippen LogP contribution >= 0.6 is 0 Å². The highest BCUT2D eigenvalue weighted by Crippen LogP contribution is 2.17. The van der Waals surface area contributed by atoms with Crippen molar-refractivity contribution < 1.29 is 4.42 Å². The van der Waals surface area contributed by atoms with Gasteiger partial charge in [0.2, 0.25) is 0 Å². The van der Waals surface area contributed by atoms with Crippen LogP contribution in [0.3, 0.4) is 0 Å². The maximum absolute atomic E-state index is 5.42. The van der Waals surface area contributed by atoms with Gasteiger partial charge in [-0.25, -0.2) is 0 Å². The van der Waals surface area contributed by atoms with Crippen molar-refractivity contribution in [3.05, 3.63) is 41.6 Å². The van der Waals surface area contributed by atoms with Crippen molar-refractivity contribution in [2.75, 3.05) is 13.1 Å². The lowest BCUT2D eigenvalue weighted by molar-refractivity contribution is 0.409. The molecule has 0 bridgehead atoms. The first-order chi connectivity index (χ1) is 13.2. The third-order valence-corrected chi connectivity index (χ3v) is 5.09. The smallest absolute Gasteiger partial charge is 0.191 e. The van der Waals surface area contributed by atoms with Crippen molar-refractivity contribution in [3.63, 3.8) is 0 Å². The Morgan fingerprint density at radius 2 is 2.15 bits per heavy atom. The van der Waals surface area contributed by atoms with Gasteiger partial charge in [-0.15, -0.1) is 0 Å². The first-order valence-corrected chi connectivity index (χ1v) is 10.3. The Hall–Kier alpha value is -2.24. The molecule has 2 heterocycles. The molecule has 6 heteroatoms. The summed E-state index contributed by atoms with van der Waals surface area (Å²) in [7, 11) is 0. The molecule has 0 aliphatic heterocycles. The van der Waals surface area contributed by atoms with Crippen molar-refractivity contribution in [2.45, 2.75) is 71.4 Å². The van der Waals surface area contributed by atoms with E-state index in [-0.39, 0.29) is 0 Å². The molecule has 0 spiro atoms. The van der Waals surface area contributed by atoms with Gasteiger partial charge in [-0.1, -0.05) is 19.3 Å². The summed E-state index contributed by atoms with van der Waals surface area (Å²) >= 11 is 0. The summed E-state index contributed by atoms with van der Waals surface area (Å²) in [6.07, 6.45) is 10.0. The van der Waals surface area contributed by atoms with Gasteiger partial charge in [-0.2, -0.15) is 5.10 Å². The maximum Gasteiger partial charge on any atom is 0.191 e. The van der Waals surface area contributed by atoms with Gasteiger partial charge in [-0.3, -0.25) is 9.67 Å². The number of rotatable bonds is 8. The second kappa shape index (κ2) is 10.2. The molecular formula is C21H33N5O. The maximum atomic E-state index is 5.42. The van der Waals surface area contributed by atoms with Gasteiger partial charge in [0.15, 0.2) is 5.96 Å². The zero-order valence-corrected chi connectivity index (χ0v) is 16.7. The van der Waals surface area contributed by atoms with Gasteiger partial charge in [0, 0.05) is 37.8 Å². The van der Waals surface area contributed by atoms with Crippen LogP contribution in [0, 0.1) is 13.8 Å². The van der Waals surface area contributed by atoms with Crippen molar-refractivity contribution >= 4 is 5.96 Å². The molecule has 0 aromatic carbocycles. The van der Waals surface area contributed by atoms with Crippen LogP contribution in [0.5, 0.6) is 0 Å². The van der Waals surface area contributed by atoms with E-state index in [4.69, 9.17) is 9.41 Å². The number of guanidine groups is 1. The molecule has 0 atom stereocenters. The molecule has 1 aliphatic rings. The predicted octanol–water partition coefficient (Wildman–Crippen LogP) is 3.59. The molecule has 2 aromatic heterocycles. The van der Waals surface area contributed by atoms with Gasteiger partial charge in [0.25, 0.3) is 0 Å². The molecule has 0 radical (unpaired) electrons. The number of hydrogen-bond acceptors (Lipinski definition) is 3. The van der Waals surface area contributed by atoms with E-state index < -0.39 is 0 Å². The lowest BCUT2D eigenvalue weighted by atomic mass is 9.96. The molecule has 0 unspecified atom stereocenters. The Morgan fingerprint density at radius 3 is 2.85 bits per heavy atom. The van der Waals surface area contributed by atoms with Crippen LogP contribution < -0.4 is 10.6 Å². The first-order valence-electron chi connectivity index (χ1n) is 10.3. The molecular weight excluding hydrogens is 338 g/mol. The van der Waals surface area contributed by atoms with E-state index in [1.165, 1.54) is 37.8 Å². The van der Waals surface area contributed by atoms with Gasteiger partial charge in [0.05, 0.1) is 12.0 Å². The number of furan rings is 1. The third-order valence-electron chi connectivity index (χ3n) is 5.09. The van der Waals surface area contributed by atoms with Crippen molar-refractivity contribution in [3.8, 4) is 0 Å². The second-order valence-electron chi connectivity index (χ2n) is 7.47. The number of aryl methyl sites for hydroxylation is 3. The summed E-state index contributed by atoms with van der Waals surface area (Å²) in [6, 6.07) is 6.62. The van der Waals surface area contributed by atoms with Crippen LogP contribution in [0.2, 0.25) is 0 Å². The molecule has 0 amide bonds. The largest absolute Gasteiger partial charge is 0.469 e. The number of nitrogens with one attached hydrogen (secondary N) is 2. The zero-order chi connectivity index (χ0) is 18.9. The fourth-order valence-corrected chi connectivity index (χ4v) is 3.66. The Kier molecular flexibility index (Phi) is 7.36. The molecule has 0 saturated heterocycles. The fraction of sp³-hybridized carbons (Fsp3) is 0.619. The molecule has 1 aliphatic carbocycles. The lowest BCUT2D eigenvalue weighted by Gasteiger charge is -2.25. The Morgan fingerprint density at radius 1 is 1.30 bits per heavy atom. The number of aliphatic imine (C=N–C) groups is 1. The van der Waals surface area contributed by atoms with E-state index in [0.717, 1.165) is 49.9 Å². The van der Waals surface area contributed by atoms with Gasteiger partial charge in [0.1, 0.15) is 5.76 Å². The number of hydrogen-bond donors (Lipinski definition) is 2.